The third-order valence-corrected chi connectivity index (χ3v) is 5.08. The molecule has 28 heavy (non-hydrogen) atoms. The normalized spacial score (nSPS) is 15.0. The average Bonchev–Trinajstić information content (AvgIpc) is 2.69. The minimum absolute atomic E-state index is 0.0998. The van der Waals surface area contributed by atoms with E-state index in [1.807, 2.05) is 35.2 Å². The fraction of sp³-hybridized carbons (Fsp3) is 0.300. The molecule has 3 aromatic rings. The molecule has 1 aliphatic heterocycles. The summed E-state index contributed by atoms with van der Waals surface area (Å²) in [5.41, 5.74) is 7.33. The van der Waals surface area contributed by atoms with Crippen LogP contribution < -0.4 is 16.6 Å². The van der Waals surface area contributed by atoms with Gasteiger partial charge in [0.05, 0.1) is 11.1 Å². The number of pyridine rings is 1. The summed E-state index contributed by atoms with van der Waals surface area (Å²) in [5, 5.41) is 3.96. The van der Waals surface area contributed by atoms with Crippen LogP contribution in [0.2, 0.25) is 0 Å². The van der Waals surface area contributed by atoms with E-state index in [0.717, 1.165) is 18.5 Å². The van der Waals surface area contributed by atoms with Gasteiger partial charge in [-0.25, -0.2) is 4.98 Å². The highest BCUT2D eigenvalue weighted by Crippen LogP contribution is 2.22. The number of rotatable bonds is 3. The monoisotopic (exact) mass is 378 g/mol. The molecule has 0 radical (unpaired) electrons. The zero-order chi connectivity index (χ0) is 19.7. The zero-order valence-corrected chi connectivity index (χ0v) is 15.6. The van der Waals surface area contributed by atoms with Crippen LogP contribution in [0.4, 0.5) is 11.6 Å². The van der Waals surface area contributed by atoms with E-state index in [4.69, 9.17) is 5.73 Å². The molecule has 0 bridgehead atoms. The Bertz CT molecular complexity index is 1070. The van der Waals surface area contributed by atoms with Crippen molar-refractivity contribution in [2.45, 2.75) is 25.8 Å². The lowest BCUT2D eigenvalue weighted by atomic mass is 10.1. The lowest BCUT2D eigenvalue weighted by molar-refractivity contribution is -0.129. The Labute approximate surface area is 162 Å². The van der Waals surface area contributed by atoms with Gasteiger partial charge in [0.1, 0.15) is 0 Å². The van der Waals surface area contributed by atoms with E-state index in [1.54, 1.807) is 13.1 Å². The van der Waals surface area contributed by atoms with Gasteiger partial charge in [-0.3, -0.25) is 14.2 Å². The predicted octanol–water partition coefficient (Wildman–Crippen LogP) is 1.79. The maximum atomic E-state index is 12.6. The van der Waals surface area contributed by atoms with Gasteiger partial charge < -0.3 is 16.0 Å². The number of carbonyl (C=O) groups excluding carboxylic acids is 1. The van der Waals surface area contributed by atoms with E-state index in [1.165, 1.54) is 10.6 Å². The van der Waals surface area contributed by atoms with Crippen molar-refractivity contribution in [2.24, 2.45) is 0 Å². The Kier molecular flexibility index (Phi) is 4.68. The molecule has 2 aromatic heterocycles. The maximum Gasteiger partial charge on any atom is 0.258 e. The number of carbonyl (C=O) groups is 1. The van der Waals surface area contributed by atoms with Gasteiger partial charge in [-0.2, -0.15) is 4.98 Å². The highest BCUT2D eigenvalue weighted by molar-refractivity contribution is 5.88. The average molecular weight is 378 g/mol. The van der Waals surface area contributed by atoms with Crippen LogP contribution in [-0.2, 0) is 4.79 Å². The summed E-state index contributed by atoms with van der Waals surface area (Å²) < 4.78 is 1.54. The topological polar surface area (TPSA) is 106 Å². The number of likely N-dealkylation sites (tertiary alicyclic amines) is 1. The first-order valence-electron chi connectivity index (χ1n) is 9.28. The van der Waals surface area contributed by atoms with Gasteiger partial charge in [0.15, 0.2) is 5.65 Å². The van der Waals surface area contributed by atoms with Crippen LogP contribution in [0.25, 0.3) is 16.7 Å². The van der Waals surface area contributed by atoms with Crippen LogP contribution in [-0.4, -0.2) is 44.5 Å². The molecular weight excluding hydrogens is 356 g/mol. The number of benzene rings is 1. The lowest BCUT2D eigenvalue weighted by Gasteiger charge is -2.31. The van der Waals surface area contributed by atoms with E-state index in [0.29, 0.717) is 35.8 Å². The molecule has 3 N–H and O–H groups in total. The first kappa shape index (κ1) is 18.0. The number of fused-ring (bicyclic) bond motifs is 1. The summed E-state index contributed by atoms with van der Waals surface area (Å²) in [7, 11) is 0. The number of hydrogen-bond acceptors (Lipinski definition) is 6. The molecule has 1 amide bonds. The molecule has 8 nitrogen and oxygen atoms in total. The second-order valence-corrected chi connectivity index (χ2v) is 6.96. The summed E-state index contributed by atoms with van der Waals surface area (Å²) >= 11 is 0. The number of piperidine rings is 1. The second kappa shape index (κ2) is 7.30. The fourth-order valence-electron chi connectivity index (χ4n) is 3.54. The van der Waals surface area contributed by atoms with E-state index in [-0.39, 0.29) is 17.5 Å². The number of aromatic nitrogens is 3. The molecule has 0 spiro atoms. The van der Waals surface area contributed by atoms with Crippen molar-refractivity contribution in [3.05, 3.63) is 52.9 Å². The largest absolute Gasteiger partial charge is 0.398 e. The minimum Gasteiger partial charge on any atom is -0.398 e. The Morgan fingerprint density at radius 1 is 1.21 bits per heavy atom. The molecule has 144 valence electrons. The van der Waals surface area contributed by atoms with Crippen molar-refractivity contribution in [2.75, 3.05) is 24.1 Å². The summed E-state index contributed by atoms with van der Waals surface area (Å²) in [5.74, 6) is 0.547. The van der Waals surface area contributed by atoms with Gasteiger partial charge in [0, 0.05) is 44.0 Å². The smallest absolute Gasteiger partial charge is 0.258 e. The van der Waals surface area contributed by atoms with E-state index < -0.39 is 0 Å². The van der Waals surface area contributed by atoms with Crippen LogP contribution in [0.5, 0.6) is 0 Å². The third-order valence-electron chi connectivity index (χ3n) is 5.08. The number of nitrogens with two attached hydrogens (primary N) is 1. The van der Waals surface area contributed by atoms with Crippen LogP contribution >= 0.6 is 0 Å². The van der Waals surface area contributed by atoms with Gasteiger partial charge in [-0.1, -0.05) is 18.2 Å². The molecule has 1 saturated heterocycles. The fourth-order valence-corrected chi connectivity index (χ4v) is 3.54. The van der Waals surface area contributed by atoms with Crippen molar-refractivity contribution in [1.82, 2.24) is 19.4 Å². The molecular formula is C20H22N6O2. The number of para-hydroxylation sites is 1. The first-order chi connectivity index (χ1) is 13.5. The summed E-state index contributed by atoms with van der Waals surface area (Å²) in [4.78, 5) is 34.9. The Hall–Kier alpha value is -3.42. The maximum absolute atomic E-state index is 12.6. The SMILES string of the molecule is CC(=O)N1CCC(Nc2ncc3c(N)cc(=O)n(-c4ccccc4)c3n2)CC1. The molecule has 0 saturated carbocycles. The first-order valence-corrected chi connectivity index (χ1v) is 9.28. The predicted molar refractivity (Wildman–Crippen MR) is 108 cm³/mol. The van der Waals surface area contributed by atoms with Crippen LogP contribution in [0.3, 0.4) is 0 Å². The van der Waals surface area contributed by atoms with E-state index in [9.17, 15) is 9.59 Å². The van der Waals surface area contributed by atoms with E-state index >= 15 is 0 Å². The molecule has 1 aromatic carbocycles. The molecule has 4 rings (SSSR count). The summed E-state index contributed by atoms with van der Waals surface area (Å²) in [6.45, 7) is 3.01. The molecule has 1 fully saturated rings. The summed E-state index contributed by atoms with van der Waals surface area (Å²) in [6, 6.07) is 10.9. The summed E-state index contributed by atoms with van der Waals surface area (Å²) in [6.07, 6.45) is 3.29. The van der Waals surface area contributed by atoms with Gasteiger partial charge in [-0.05, 0) is 25.0 Å². The van der Waals surface area contributed by atoms with Gasteiger partial charge in [0.25, 0.3) is 5.56 Å². The number of amides is 1. The van der Waals surface area contributed by atoms with Gasteiger partial charge in [-0.15, -0.1) is 0 Å². The molecule has 0 unspecified atom stereocenters. The Morgan fingerprint density at radius 3 is 2.61 bits per heavy atom. The molecule has 0 aliphatic carbocycles. The van der Waals surface area contributed by atoms with Gasteiger partial charge in [0.2, 0.25) is 11.9 Å². The van der Waals surface area contributed by atoms with Crippen molar-refractivity contribution in [1.29, 1.82) is 0 Å². The number of hydrogen-bond donors (Lipinski definition) is 2. The molecule has 0 atom stereocenters. The quantitative estimate of drug-likeness (QED) is 0.720. The third kappa shape index (κ3) is 3.40. The number of nitrogen functional groups attached to an aromatic ring is 1. The van der Waals surface area contributed by atoms with Crippen molar-refractivity contribution >= 4 is 28.6 Å². The van der Waals surface area contributed by atoms with Gasteiger partial charge >= 0.3 is 0 Å². The molecule has 1 aliphatic rings. The number of nitrogens with one attached hydrogen (secondary N) is 1. The van der Waals surface area contributed by atoms with Crippen LogP contribution in [0.15, 0.2) is 47.4 Å². The van der Waals surface area contributed by atoms with Crippen LogP contribution in [0.1, 0.15) is 19.8 Å². The second-order valence-electron chi connectivity index (χ2n) is 6.96. The standard InChI is InChI=1S/C20H22N6O2/c1-13(27)25-9-7-14(8-10-25)23-20-22-12-16-17(21)11-18(28)26(19(16)24-20)15-5-3-2-4-6-15/h2-6,11-12,14H,7-10,21H2,1H3,(H,22,23,24). The highest BCUT2D eigenvalue weighted by Gasteiger charge is 2.21. The molecule has 8 heteroatoms. The lowest BCUT2D eigenvalue weighted by Crippen LogP contribution is -2.41. The zero-order valence-electron chi connectivity index (χ0n) is 15.6. The molecule has 3 heterocycles. The highest BCUT2D eigenvalue weighted by atomic mass is 16.2. The van der Waals surface area contributed by atoms with Crippen molar-refractivity contribution in [3.63, 3.8) is 0 Å². The van der Waals surface area contributed by atoms with E-state index in [2.05, 4.69) is 15.3 Å². The Morgan fingerprint density at radius 2 is 1.93 bits per heavy atom. The van der Waals surface area contributed by atoms with Crippen molar-refractivity contribution in [3.8, 4) is 5.69 Å². The number of anilines is 2. The number of nitrogens with zero attached hydrogens (tertiary/aromatic N) is 4. The minimum atomic E-state index is -0.240. The van der Waals surface area contributed by atoms with Crippen LogP contribution in [0, 0.1) is 0 Å². The Balaban J connectivity index is 1.69. The van der Waals surface area contributed by atoms with Crippen molar-refractivity contribution < 1.29 is 4.79 Å².